The second kappa shape index (κ2) is 14.7. The number of aromatic nitrogens is 1. The summed E-state index contributed by atoms with van der Waals surface area (Å²) >= 11 is 0. The van der Waals surface area contributed by atoms with E-state index in [1.54, 1.807) is 67.7 Å². The van der Waals surface area contributed by atoms with Crippen LogP contribution in [0.3, 0.4) is 0 Å². The molecule has 10 heteroatoms. The van der Waals surface area contributed by atoms with Gasteiger partial charge in [0.2, 0.25) is 0 Å². The molecule has 4 rings (SSSR count). The Labute approximate surface area is 240 Å². The number of carbonyl (C=O) groups excluding carboxylic acids is 2. The molecule has 0 spiro atoms. The fourth-order valence-electron chi connectivity index (χ4n) is 3.79. The Kier molecular flexibility index (Phi) is 10.6. The second-order valence-corrected chi connectivity index (χ2v) is 10.7. The number of aryl methyl sites for hydroxylation is 1. The molecule has 0 saturated heterocycles. The lowest BCUT2D eigenvalue weighted by molar-refractivity contribution is 0.0991. The van der Waals surface area contributed by atoms with Crippen LogP contribution in [0.1, 0.15) is 44.0 Å². The monoisotopic (exact) mass is 570 g/mol. The number of benzene rings is 2. The number of phenolic OH excluding ortho intramolecular Hbond substituents is 1. The van der Waals surface area contributed by atoms with E-state index in [0.717, 1.165) is 5.56 Å². The zero-order valence-electron chi connectivity index (χ0n) is 22.5. The van der Waals surface area contributed by atoms with E-state index in [4.69, 9.17) is 9.52 Å². The Morgan fingerprint density at radius 2 is 1.85 bits per heavy atom. The molecule has 2 amide bonds. The Bertz CT molecular complexity index is 1620. The topological polar surface area (TPSA) is 137 Å². The molecule has 4 aromatic rings. The van der Waals surface area contributed by atoms with Gasteiger partial charge in [0.1, 0.15) is 5.75 Å². The summed E-state index contributed by atoms with van der Waals surface area (Å²) in [6.07, 6.45) is 5.18. The highest BCUT2D eigenvalue weighted by molar-refractivity contribution is 7.87. The first-order valence-electron chi connectivity index (χ1n) is 12.9. The molecule has 2 heterocycles. The van der Waals surface area contributed by atoms with Crippen LogP contribution in [-0.4, -0.2) is 52.5 Å². The summed E-state index contributed by atoms with van der Waals surface area (Å²) in [5.41, 5.74) is 2.80. The van der Waals surface area contributed by atoms with Crippen molar-refractivity contribution in [2.75, 3.05) is 30.8 Å². The molecule has 0 aliphatic heterocycles. The normalized spacial score (nSPS) is 11.5. The molecule has 210 valence electrons. The van der Waals surface area contributed by atoms with Crippen LogP contribution in [0.2, 0.25) is 0 Å². The van der Waals surface area contributed by atoms with Crippen molar-refractivity contribution >= 4 is 28.2 Å². The van der Waals surface area contributed by atoms with Crippen LogP contribution in [0.25, 0.3) is 0 Å². The van der Waals surface area contributed by atoms with E-state index in [2.05, 4.69) is 31.8 Å². The van der Waals surface area contributed by atoms with E-state index in [1.165, 1.54) is 12.5 Å². The van der Waals surface area contributed by atoms with Gasteiger partial charge in [0, 0.05) is 47.1 Å². The van der Waals surface area contributed by atoms with E-state index >= 15 is 0 Å². The van der Waals surface area contributed by atoms with Gasteiger partial charge in [-0.2, -0.15) is 4.36 Å². The van der Waals surface area contributed by atoms with E-state index in [1.807, 2.05) is 6.07 Å². The van der Waals surface area contributed by atoms with Gasteiger partial charge in [-0.05, 0) is 62.4 Å². The van der Waals surface area contributed by atoms with Gasteiger partial charge in [-0.3, -0.25) is 14.6 Å². The molecule has 0 aliphatic rings. The molecule has 0 bridgehead atoms. The average Bonchev–Trinajstić information content (AvgIpc) is 3.42. The highest BCUT2D eigenvalue weighted by atomic mass is 32.2. The van der Waals surface area contributed by atoms with E-state index in [0.29, 0.717) is 47.0 Å². The number of nitrogens with one attached hydrogen (secondary N) is 2. The number of para-hydroxylation sites is 1. The number of aromatic hydroxyl groups is 1. The predicted molar refractivity (Wildman–Crippen MR) is 158 cm³/mol. The van der Waals surface area contributed by atoms with Crippen LogP contribution in [-0.2, 0) is 10.7 Å². The van der Waals surface area contributed by atoms with Crippen LogP contribution in [0.4, 0.5) is 5.69 Å². The van der Waals surface area contributed by atoms with Crippen molar-refractivity contribution in [3.63, 3.8) is 0 Å². The number of hydrogen-bond donors (Lipinski definition) is 4. The number of aliphatic hydroxyl groups excluding tert-OH is 1. The number of hydrogen-bond acceptors (Lipinski definition) is 7. The maximum atomic E-state index is 13.1. The number of aliphatic hydroxyl groups is 1. The largest absolute Gasteiger partial charge is 0.507 e. The molecular formula is C31H30N4O5S. The molecule has 0 saturated carbocycles. The summed E-state index contributed by atoms with van der Waals surface area (Å²) in [6.45, 7) is 2.99. The van der Waals surface area contributed by atoms with Crippen LogP contribution in [0.5, 0.6) is 5.75 Å². The molecule has 1 unspecified atom stereocenters. The minimum absolute atomic E-state index is 0.0494. The van der Waals surface area contributed by atoms with E-state index in [-0.39, 0.29) is 29.6 Å². The van der Waals surface area contributed by atoms with Crippen molar-refractivity contribution in [3.05, 3.63) is 107 Å². The first-order chi connectivity index (χ1) is 19.9. The fourth-order valence-corrected chi connectivity index (χ4v) is 5.47. The summed E-state index contributed by atoms with van der Waals surface area (Å²) in [4.78, 5) is 30.4. The van der Waals surface area contributed by atoms with E-state index < -0.39 is 16.6 Å². The zero-order valence-corrected chi connectivity index (χ0v) is 23.3. The number of nitrogens with zero attached hydrogens (tertiary/aromatic N) is 2. The third kappa shape index (κ3) is 8.46. The smallest absolute Gasteiger partial charge is 0.291 e. The number of rotatable bonds is 10. The summed E-state index contributed by atoms with van der Waals surface area (Å²) in [5, 5.41) is 25.3. The number of phenols is 1. The van der Waals surface area contributed by atoms with Crippen molar-refractivity contribution in [3.8, 4) is 17.6 Å². The van der Waals surface area contributed by atoms with Gasteiger partial charge >= 0.3 is 0 Å². The predicted octanol–water partition coefficient (Wildman–Crippen LogP) is 4.31. The molecule has 0 fully saturated rings. The van der Waals surface area contributed by atoms with Gasteiger partial charge in [-0.15, -0.1) is 0 Å². The SMILES string of the molecule is Cc1ccoc1C(=O)Nc1cccc(C#Cc2cncc(C(=O)N=S(CCCNCCO)c3ccccc3O)c2)c1. The van der Waals surface area contributed by atoms with Gasteiger partial charge in [0.25, 0.3) is 11.8 Å². The standard InChI is InChI=1S/C31H30N4O5S/c1-22-12-16-40-29(22)31(39)34-26-7-4-6-23(19-26)10-11-24-18-25(21-33-20-24)30(38)35-41(17-5-13-32-14-15-36)28-9-3-2-8-27(28)37/h2-4,6-9,12,16,18-21,32,36-37H,5,13-15,17H2,1H3,(H,34,39). The molecule has 1 atom stereocenters. The first-order valence-corrected chi connectivity index (χ1v) is 14.3. The van der Waals surface area contributed by atoms with Gasteiger partial charge < -0.3 is 25.3 Å². The Hall–Kier alpha value is -4.56. The third-order valence-corrected chi connectivity index (χ3v) is 7.73. The lowest BCUT2D eigenvalue weighted by atomic mass is 10.1. The van der Waals surface area contributed by atoms with Crippen molar-refractivity contribution in [2.45, 2.75) is 18.2 Å². The molecule has 4 N–H and O–H groups in total. The highest BCUT2D eigenvalue weighted by Gasteiger charge is 2.13. The number of carbonyl (C=O) groups is 2. The van der Waals surface area contributed by atoms with Gasteiger partial charge in [0.05, 0.1) is 23.3 Å². The molecular weight excluding hydrogens is 540 g/mol. The lowest BCUT2D eigenvalue weighted by Gasteiger charge is -2.10. The molecule has 41 heavy (non-hydrogen) atoms. The van der Waals surface area contributed by atoms with Crippen molar-refractivity contribution < 1.29 is 24.2 Å². The maximum absolute atomic E-state index is 13.1. The minimum atomic E-state index is -0.878. The average molecular weight is 571 g/mol. The van der Waals surface area contributed by atoms with Crippen LogP contribution in [0.15, 0.2) is 93.0 Å². The van der Waals surface area contributed by atoms with Crippen molar-refractivity contribution in [1.29, 1.82) is 0 Å². The molecule has 2 aromatic carbocycles. The molecule has 9 nitrogen and oxygen atoms in total. The highest BCUT2D eigenvalue weighted by Crippen LogP contribution is 2.23. The number of amides is 2. The number of anilines is 1. The minimum Gasteiger partial charge on any atom is -0.507 e. The fraction of sp³-hybridized carbons (Fsp3) is 0.194. The van der Waals surface area contributed by atoms with Crippen LogP contribution >= 0.6 is 0 Å². The van der Waals surface area contributed by atoms with Gasteiger partial charge in [0.15, 0.2) is 5.76 Å². The Balaban J connectivity index is 1.50. The first kappa shape index (κ1) is 29.4. The molecule has 2 aromatic heterocycles. The van der Waals surface area contributed by atoms with E-state index in [9.17, 15) is 14.7 Å². The lowest BCUT2D eigenvalue weighted by Crippen LogP contribution is -2.20. The Morgan fingerprint density at radius 1 is 1.02 bits per heavy atom. The maximum Gasteiger partial charge on any atom is 0.291 e. The summed E-state index contributed by atoms with van der Waals surface area (Å²) in [5.74, 6) is 6.16. The summed E-state index contributed by atoms with van der Waals surface area (Å²) < 4.78 is 9.68. The number of pyridine rings is 1. The quantitative estimate of drug-likeness (QED) is 0.165. The van der Waals surface area contributed by atoms with Crippen LogP contribution in [0, 0.1) is 18.8 Å². The number of furan rings is 1. The van der Waals surface area contributed by atoms with Crippen LogP contribution < -0.4 is 10.6 Å². The summed E-state index contributed by atoms with van der Waals surface area (Å²) in [7, 11) is -0.878. The molecule has 0 radical (unpaired) electrons. The van der Waals surface area contributed by atoms with Crippen molar-refractivity contribution in [1.82, 2.24) is 10.3 Å². The second-order valence-electron chi connectivity index (χ2n) is 8.94. The Morgan fingerprint density at radius 3 is 2.63 bits per heavy atom. The van der Waals surface area contributed by atoms with Gasteiger partial charge in [-0.25, -0.2) is 0 Å². The van der Waals surface area contributed by atoms with Crippen molar-refractivity contribution in [2.24, 2.45) is 4.36 Å². The third-order valence-electron chi connectivity index (χ3n) is 5.82. The molecule has 0 aliphatic carbocycles. The summed E-state index contributed by atoms with van der Waals surface area (Å²) in [6, 6.07) is 17.3. The van der Waals surface area contributed by atoms with Gasteiger partial charge in [-0.1, -0.05) is 40.7 Å². The zero-order chi connectivity index (χ0) is 29.0.